The fraction of sp³-hybridized carbons (Fsp3) is 0.333. The van der Waals surface area contributed by atoms with Crippen LogP contribution in [0.15, 0.2) is 42.5 Å². The molecule has 2 rings (SSSR count). The van der Waals surface area contributed by atoms with E-state index in [0.717, 1.165) is 16.7 Å². The van der Waals surface area contributed by atoms with Crippen molar-refractivity contribution < 1.29 is 19.1 Å². The molecule has 2 aromatic rings. The molecule has 6 heteroatoms. The van der Waals surface area contributed by atoms with E-state index in [1.807, 2.05) is 38.1 Å². The first-order chi connectivity index (χ1) is 13.0. The van der Waals surface area contributed by atoms with Gasteiger partial charge < -0.3 is 19.7 Å². The highest BCUT2D eigenvalue weighted by molar-refractivity contribution is 5.92. The summed E-state index contributed by atoms with van der Waals surface area (Å²) in [7, 11) is 2.81. The topological polar surface area (TPSA) is 67.9 Å². The molecule has 0 saturated heterocycles. The second-order valence-corrected chi connectivity index (χ2v) is 6.19. The van der Waals surface area contributed by atoms with Crippen LogP contribution in [0.25, 0.3) is 0 Å². The second kappa shape index (κ2) is 9.62. The highest BCUT2D eigenvalue weighted by Crippen LogP contribution is 2.20. The molecule has 0 aromatic heterocycles. The molecule has 0 unspecified atom stereocenters. The third-order valence-electron chi connectivity index (χ3n) is 4.24. The summed E-state index contributed by atoms with van der Waals surface area (Å²) < 4.78 is 9.96. The van der Waals surface area contributed by atoms with Crippen LogP contribution in [0.4, 0.5) is 4.79 Å². The van der Waals surface area contributed by atoms with Crippen molar-refractivity contribution in [1.82, 2.24) is 10.2 Å². The largest absolute Gasteiger partial charge is 0.496 e. The predicted octanol–water partition coefficient (Wildman–Crippen LogP) is 3.52. The van der Waals surface area contributed by atoms with E-state index < -0.39 is 5.97 Å². The minimum atomic E-state index is -0.477. The average molecular weight is 370 g/mol. The lowest BCUT2D eigenvalue weighted by Crippen LogP contribution is -2.39. The number of carbonyl (C=O) groups is 2. The Morgan fingerprint density at radius 3 is 2.48 bits per heavy atom. The number of amides is 2. The predicted molar refractivity (Wildman–Crippen MR) is 104 cm³/mol. The monoisotopic (exact) mass is 370 g/mol. The van der Waals surface area contributed by atoms with Gasteiger partial charge in [0, 0.05) is 19.6 Å². The minimum absolute atomic E-state index is 0.158. The van der Waals surface area contributed by atoms with Crippen LogP contribution in [-0.2, 0) is 17.8 Å². The normalized spacial score (nSPS) is 10.2. The van der Waals surface area contributed by atoms with Crippen LogP contribution in [-0.4, -0.2) is 37.7 Å². The lowest BCUT2D eigenvalue weighted by atomic mass is 10.1. The molecule has 0 atom stereocenters. The van der Waals surface area contributed by atoms with Crippen LogP contribution in [0.1, 0.15) is 34.0 Å². The third kappa shape index (κ3) is 5.48. The maximum absolute atomic E-state index is 12.5. The molecular formula is C21H26N2O4. The Labute approximate surface area is 160 Å². The first-order valence-electron chi connectivity index (χ1n) is 8.82. The first-order valence-corrected chi connectivity index (χ1v) is 8.82. The number of urea groups is 1. The standard InChI is InChI=1S/C21H26N2O4/c1-5-23(14-17-8-6-7-15(2)11-17)21(25)22-13-16-9-10-19(26-3)18(12-16)20(24)27-4/h6-12H,5,13-14H2,1-4H3,(H,22,25). The molecule has 144 valence electrons. The highest BCUT2D eigenvalue weighted by Gasteiger charge is 2.15. The third-order valence-corrected chi connectivity index (χ3v) is 4.24. The molecule has 0 aliphatic heterocycles. The van der Waals surface area contributed by atoms with Gasteiger partial charge in [0.05, 0.1) is 14.2 Å². The van der Waals surface area contributed by atoms with E-state index in [9.17, 15) is 9.59 Å². The van der Waals surface area contributed by atoms with Crippen molar-refractivity contribution in [3.8, 4) is 5.75 Å². The molecule has 27 heavy (non-hydrogen) atoms. The Morgan fingerprint density at radius 1 is 1.07 bits per heavy atom. The van der Waals surface area contributed by atoms with E-state index in [0.29, 0.717) is 30.9 Å². The fourth-order valence-electron chi connectivity index (χ4n) is 2.78. The zero-order chi connectivity index (χ0) is 19.8. The van der Waals surface area contributed by atoms with Gasteiger partial charge in [0.25, 0.3) is 0 Å². The van der Waals surface area contributed by atoms with Gasteiger partial charge in [0.1, 0.15) is 11.3 Å². The quantitative estimate of drug-likeness (QED) is 0.757. The molecule has 0 spiro atoms. The van der Waals surface area contributed by atoms with Crippen LogP contribution >= 0.6 is 0 Å². The number of hydrogen-bond donors (Lipinski definition) is 1. The molecule has 1 N–H and O–H groups in total. The number of nitrogens with zero attached hydrogens (tertiary/aromatic N) is 1. The number of esters is 1. The zero-order valence-electron chi connectivity index (χ0n) is 16.2. The number of rotatable bonds is 7. The Bertz CT molecular complexity index is 805. The van der Waals surface area contributed by atoms with Crippen molar-refractivity contribution >= 4 is 12.0 Å². The van der Waals surface area contributed by atoms with Crippen LogP contribution < -0.4 is 10.1 Å². The van der Waals surface area contributed by atoms with Gasteiger partial charge in [-0.1, -0.05) is 35.9 Å². The maximum atomic E-state index is 12.5. The van der Waals surface area contributed by atoms with Gasteiger partial charge in [-0.25, -0.2) is 9.59 Å². The number of nitrogens with one attached hydrogen (secondary N) is 1. The SMILES string of the molecule is CCN(Cc1cccc(C)c1)C(=O)NCc1ccc(OC)c(C(=O)OC)c1. The smallest absolute Gasteiger partial charge is 0.341 e. The molecule has 0 bridgehead atoms. The molecule has 0 saturated carbocycles. The van der Waals surface area contributed by atoms with Gasteiger partial charge in [-0.3, -0.25) is 0 Å². The molecule has 0 aliphatic carbocycles. The summed E-state index contributed by atoms with van der Waals surface area (Å²) in [5.74, 6) is -0.0405. The average Bonchev–Trinajstić information content (AvgIpc) is 2.69. The molecular weight excluding hydrogens is 344 g/mol. The molecule has 0 fully saturated rings. The number of aryl methyl sites for hydroxylation is 1. The van der Waals surface area contributed by atoms with E-state index in [-0.39, 0.29) is 6.03 Å². The van der Waals surface area contributed by atoms with E-state index in [2.05, 4.69) is 11.4 Å². The van der Waals surface area contributed by atoms with Crippen LogP contribution in [0.2, 0.25) is 0 Å². The molecule has 0 radical (unpaired) electrons. The summed E-state index contributed by atoms with van der Waals surface area (Å²) in [5.41, 5.74) is 3.37. The summed E-state index contributed by atoms with van der Waals surface area (Å²) in [6, 6.07) is 13.1. The minimum Gasteiger partial charge on any atom is -0.496 e. The lowest BCUT2D eigenvalue weighted by Gasteiger charge is -2.22. The Hall–Kier alpha value is -3.02. The fourth-order valence-corrected chi connectivity index (χ4v) is 2.78. The molecule has 2 amide bonds. The first kappa shape index (κ1) is 20.3. The number of hydrogen-bond acceptors (Lipinski definition) is 4. The highest BCUT2D eigenvalue weighted by atomic mass is 16.5. The summed E-state index contributed by atoms with van der Waals surface area (Å²) in [6.07, 6.45) is 0. The molecule has 2 aromatic carbocycles. The molecule has 6 nitrogen and oxygen atoms in total. The van der Waals surface area contributed by atoms with Gasteiger partial charge in [-0.2, -0.15) is 0 Å². The van der Waals surface area contributed by atoms with Gasteiger partial charge >= 0.3 is 12.0 Å². The van der Waals surface area contributed by atoms with Crippen molar-refractivity contribution in [2.75, 3.05) is 20.8 Å². The summed E-state index contributed by atoms with van der Waals surface area (Å²) in [5, 5.41) is 2.90. The van der Waals surface area contributed by atoms with Crippen molar-refractivity contribution in [3.63, 3.8) is 0 Å². The van der Waals surface area contributed by atoms with Gasteiger partial charge in [0.2, 0.25) is 0 Å². The van der Waals surface area contributed by atoms with Gasteiger partial charge in [-0.15, -0.1) is 0 Å². The van der Waals surface area contributed by atoms with E-state index >= 15 is 0 Å². The Morgan fingerprint density at radius 2 is 1.85 bits per heavy atom. The second-order valence-electron chi connectivity index (χ2n) is 6.19. The van der Waals surface area contributed by atoms with Crippen LogP contribution in [0, 0.1) is 6.92 Å². The van der Waals surface area contributed by atoms with Crippen LogP contribution in [0.5, 0.6) is 5.75 Å². The lowest BCUT2D eigenvalue weighted by molar-refractivity contribution is 0.0597. The summed E-state index contributed by atoms with van der Waals surface area (Å²) in [6.45, 7) is 5.41. The zero-order valence-corrected chi connectivity index (χ0v) is 16.2. The number of benzene rings is 2. The maximum Gasteiger partial charge on any atom is 0.341 e. The van der Waals surface area contributed by atoms with Crippen molar-refractivity contribution in [3.05, 3.63) is 64.7 Å². The van der Waals surface area contributed by atoms with Crippen LogP contribution in [0.3, 0.4) is 0 Å². The van der Waals surface area contributed by atoms with Crippen molar-refractivity contribution in [2.45, 2.75) is 26.9 Å². The van der Waals surface area contributed by atoms with E-state index in [4.69, 9.17) is 9.47 Å². The number of carbonyl (C=O) groups excluding carboxylic acids is 2. The Kier molecular flexibility index (Phi) is 7.23. The van der Waals surface area contributed by atoms with E-state index in [1.165, 1.54) is 14.2 Å². The van der Waals surface area contributed by atoms with Crippen molar-refractivity contribution in [2.24, 2.45) is 0 Å². The summed E-state index contributed by atoms with van der Waals surface area (Å²) >= 11 is 0. The van der Waals surface area contributed by atoms with Crippen molar-refractivity contribution in [1.29, 1.82) is 0 Å². The van der Waals surface area contributed by atoms with Gasteiger partial charge in [0.15, 0.2) is 0 Å². The summed E-state index contributed by atoms with van der Waals surface area (Å²) in [4.78, 5) is 26.1. The molecule has 0 aliphatic rings. The number of methoxy groups -OCH3 is 2. The molecule has 0 heterocycles. The van der Waals surface area contributed by atoms with Gasteiger partial charge in [-0.05, 0) is 37.1 Å². The number of ether oxygens (including phenoxy) is 2. The van der Waals surface area contributed by atoms with E-state index in [1.54, 1.807) is 17.0 Å². The Balaban J connectivity index is 2.03.